The molecule has 110 valence electrons. The van der Waals surface area contributed by atoms with Gasteiger partial charge in [0.15, 0.2) is 0 Å². The van der Waals surface area contributed by atoms with Crippen molar-refractivity contribution >= 4 is 29.5 Å². The SMILES string of the molecule is C=CCNC(=O)CSCCN1C(=O)c2ccccc2C1=O. The summed E-state index contributed by atoms with van der Waals surface area (Å²) in [5.41, 5.74) is 0.910. The van der Waals surface area contributed by atoms with Crippen LogP contribution in [0.2, 0.25) is 0 Å². The monoisotopic (exact) mass is 304 g/mol. The third-order valence-corrected chi connectivity index (χ3v) is 3.95. The van der Waals surface area contributed by atoms with Gasteiger partial charge in [0.2, 0.25) is 5.91 Å². The molecule has 0 fully saturated rings. The lowest BCUT2D eigenvalue weighted by molar-refractivity contribution is -0.118. The average Bonchev–Trinajstić information content (AvgIpc) is 2.74. The lowest BCUT2D eigenvalue weighted by Crippen LogP contribution is -2.32. The van der Waals surface area contributed by atoms with Crippen LogP contribution in [0, 0.1) is 0 Å². The molecule has 1 aromatic carbocycles. The molecule has 21 heavy (non-hydrogen) atoms. The number of nitrogens with one attached hydrogen (secondary N) is 1. The van der Waals surface area contributed by atoms with Crippen molar-refractivity contribution in [2.45, 2.75) is 0 Å². The van der Waals surface area contributed by atoms with E-state index in [0.29, 0.717) is 35.7 Å². The Labute approximate surface area is 127 Å². The Balaban J connectivity index is 1.80. The quantitative estimate of drug-likeness (QED) is 0.469. The third-order valence-electron chi connectivity index (χ3n) is 3.01. The summed E-state index contributed by atoms with van der Waals surface area (Å²) in [6, 6.07) is 6.80. The fourth-order valence-corrected chi connectivity index (χ4v) is 2.74. The fraction of sp³-hybridized carbons (Fsp3) is 0.267. The van der Waals surface area contributed by atoms with Crippen LogP contribution in [0.4, 0.5) is 0 Å². The summed E-state index contributed by atoms with van der Waals surface area (Å²) < 4.78 is 0. The first-order valence-electron chi connectivity index (χ1n) is 6.55. The highest BCUT2D eigenvalue weighted by molar-refractivity contribution is 7.99. The number of hydrogen-bond donors (Lipinski definition) is 1. The molecule has 0 spiro atoms. The van der Waals surface area contributed by atoms with E-state index >= 15 is 0 Å². The molecule has 0 unspecified atom stereocenters. The molecule has 0 atom stereocenters. The minimum Gasteiger partial charge on any atom is -0.352 e. The molecule has 0 aliphatic carbocycles. The van der Waals surface area contributed by atoms with Gasteiger partial charge in [0.05, 0.1) is 16.9 Å². The Morgan fingerprint density at radius 3 is 2.43 bits per heavy atom. The van der Waals surface area contributed by atoms with E-state index in [0.717, 1.165) is 0 Å². The number of amides is 3. The minimum atomic E-state index is -0.257. The molecule has 0 radical (unpaired) electrons. The van der Waals surface area contributed by atoms with E-state index in [2.05, 4.69) is 11.9 Å². The second-order valence-corrected chi connectivity index (χ2v) is 5.56. The van der Waals surface area contributed by atoms with Crippen molar-refractivity contribution in [1.82, 2.24) is 10.2 Å². The van der Waals surface area contributed by atoms with Gasteiger partial charge in [-0.1, -0.05) is 18.2 Å². The summed E-state index contributed by atoms with van der Waals surface area (Å²) in [7, 11) is 0. The Morgan fingerprint density at radius 2 is 1.86 bits per heavy atom. The Bertz CT molecular complexity index is 551. The maximum Gasteiger partial charge on any atom is 0.261 e. The molecule has 3 amide bonds. The highest BCUT2D eigenvalue weighted by atomic mass is 32.2. The number of carbonyl (C=O) groups excluding carboxylic acids is 3. The molecule has 5 nitrogen and oxygen atoms in total. The zero-order valence-electron chi connectivity index (χ0n) is 11.5. The zero-order valence-corrected chi connectivity index (χ0v) is 12.3. The smallest absolute Gasteiger partial charge is 0.261 e. The summed E-state index contributed by atoms with van der Waals surface area (Å²) in [6.45, 7) is 4.27. The van der Waals surface area contributed by atoms with Crippen LogP contribution in [-0.4, -0.2) is 47.2 Å². The van der Waals surface area contributed by atoms with Crippen molar-refractivity contribution in [3.63, 3.8) is 0 Å². The molecule has 0 saturated heterocycles. The predicted molar refractivity (Wildman–Crippen MR) is 82.3 cm³/mol. The van der Waals surface area contributed by atoms with Crippen molar-refractivity contribution in [2.24, 2.45) is 0 Å². The van der Waals surface area contributed by atoms with E-state index in [1.54, 1.807) is 30.3 Å². The number of carbonyl (C=O) groups is 3. The van der Waals surface area contributed by atoms with E-state index < -0.39 is 0 Å². The molecule has 0 aromatic heterocycles. The van der Waals surface area contributed by atoms with Crippen molar-refractivity contribution in [2.75, 3.05) is 24.6 Å². The molecular weight excluding hydrogens is 288 g/mol. The van der Waals surface area contributed by atoms with Crippen LogP contribution in [-0.2, 0) is 4.79 Å². The normalized spacial score (nSPS) is 13.2. The molecule has 0 saturated carbocycles. The average molecular weight is 304 g/mol. The standard InChI is InChI=1S/C15H16N2O3S/c1-2-7-16-13(18)10-21-9-8-17-14(19)11-5-3-4-6-12(11)15(17)20/h2-6H,1,7-10H2,(H,16,18). The molecule has 2 rings (SSSR count). The lowest BCUT2D eigenvalue weighted by Gasteiger charge is -2.13. The Hall–Kier alpha value is -2.08. The lowest BCUT2D eigenvalue weighted by atomic mass is 10.1. The fourth-order valence-electron chi connectivity index (χ4n) is 2.00. The molecule has 1 aliphatic rings. The summed E-state index contributed by atoms with van der Waals surface area (Å²) in [5, 5.41) is 2.67. The molecule has 1 heterocycles. The highest BCUT2D eigenvalue weighted by Gasteiger charge is 2.34. The van der Waals surface area contributed by atoms with E-state index in [1.165, 1.54) is 16.7 Å². The number of rotatable bonds is 7. The number of benzene rings is 1. The molecule has 1 N–H and O–H groups in total. The summed E-state index contributed by atoms with van der Waals surface area (Å²) >= 11 is 1.39. The molecular formula is C15H16N2O3S. The van der Waals surface area contributed by atoms with E-state index in [-0.39, 0.29) is 17.7 Å². The Morgan fingerprint density at radius 1 is 1.24 bits per heavy atom. The molecule has 0 bridgehead atoms. The van der Waals surface area contributed by atoms with E-state index in [1.807, 2.05) is 0 Å². The number of fused-ring (bicyclic) bond motifs is 1. The van der Waals surface area contributed by atoms with Crippen molar-refractivity contribution in [1.29, 1.82) is 0 Å². The van der Waals surface area contributed by atoms with E-state index in [9.17, 15) is 14.4 Å². The largest absolute Gasteiger partial charge is 0.352 e. The van der Waals surface area contributed by atoms with Gasteiger partial charge in [-0.3, -0.25) is 19.3 Å². The van der Waals surface area contributed by atoms with Crippen LogP contribution >= 0.6 is 11.8 Å². The Kier molecular flexibility index (Phi) is 5.16. The van der Waals surface area contributed by atoms with Gasteiger partial charge in [0, 0.05) is 18.8 Å². The van der Waals surface area contributed by atoms with Crippen molar-refractivity contribution < 1.29 is 14.4 Å². The number of thioether (sulfide) groups is 1. The molecule has 1 aliphatic heterocycles. The second-order valence-electron chi connectivity index (χ2n) is 4.45. The highest BCUT2D eigenvalue weighted by Crippen LogP contribution is 2.22. The summed E-state index contributed by atoms with van der Waals surface area (Å²) in [4.78, 5) is 36.8. The zero-order chi connectivity index (χ0) is 15.2. The first kappa shape index (κ1) is 15.3. The van der Waals surface area contributed by atoms with Crippen LogP contribution in [0.15, 0.2) is 36.9 Å². The predicted octanol–water partition coefficient (Wildman–Crippen LogP) is 1.32. The first-order chi connectivity index (χ1) is 10.1. The number of hydrogen-bond acceptors (Lipinski definition) is 4. The molecule has 1 aromatic rings. The van der Waals surface area contributed by atoms with Gasteiger partial charge in [0.1, 0.15) is 0 Å². The summed E-state index contributed by atoms with van der Waals surface area (Å²) in [6.07, 6.45) is 1.61. The molecule has 6 heteroatoms. The van der Waals surface area contributed by atoms with Crippen molar-refractivity contribution in [3.8, 4) is 0 Å². The first-order valence-corrected chi connectivity index (χ1v) is 7.71. The van der Waals surface area contributed by atoms with Gasteiger partial charge in [-0.2, -0.15) is 11.8 Å². The second kappa shape index (κ2) is 7.08. The van der Waals surface area contributed by atoms with Gasteiger partial charge in [-0.05, 0) is 12.1 Å². The van der Waals surface area contributed by atoms with E-state index in [4.69, 9.17) is 0 Å². The van der Waals surface area contributed by atoms with Crippen LogP contribution < -0.4 is 5.32 Å². The van der Waals surface area contributed by atoms with Gasteiger partial charge in [0.25, 0.3) is 11.8 Å². The maximum absolute atomic E-state index is 12.1. The van der Waals surface area contributed by atoms with Gasteiger partial charge in [-0.15, -0.1) is 6.58 Å². The summed E-state index contributed by atoms with van der Waals surface area (Å²) in [5.74, 6) is 0.242. The van der Waals surface area contributed by atoms with Crippen molar-refractivity contribution in [3.05, 3.63) is 48.0 Å². The maximum atomic E-state index is 12.1. The van der Waals surface area contributed by atoms with Crippen LogP contribution in [0.1, 0.15) is 20.7 Å². The van der Waals surface area contributed by atoms with Gasteiger partial charge < -0.3 is 5.32 Å². The minimum absolute atomic E-state index is 0.0812. The number of nitrogens with zero attached hydrogens (tertiary/aromatic N) is 1. The van der Waals surface area contributed by atoms with Gasteiger partial charge in [-0.25, -0.2) is 0 Å². The topological polar surface area (TPSA) is 66.5 Å². The number of imide groups is 1. The van der Waals surface area contributed by atoms with Crippen LogP contribution in [0.5, 0.6) is 0 Å². The van der Waals surface area contributed by atoms with Gasteiger partial charge >= 0.3 is 0 Å². The van der Waals surface area contributed by atoms with Crippen LogP contribution in [0.25, 0.3) is 0 Å². The third kappa shape index (κ3) is 3.52. The van der Waals surface area contributed by atoms with Crippen LogP contribution in [0.3, 0.4) is 0 Å².